The number of carbonyl (C=O) groups is 2. The summed E-state index contributed by atoms with van der Waals surface area (Å²) in [5.74, 6) is 0.875. The van der Waals surface area contributed by atoms with Gasteiger partial charge in [-0.1, -0.05) is 13.5 Å². The van der Waals surface area contributed by atoms with Crippen molar-refractivity contribution in [3.8, 4) is 11.3 Å². The van der Waals surface area contributed by atoms with Crippen LogP contribution < -0.4 is 5.46 Å². The van der Waals surface area contributed by atoms with Gasteiger partial charge in [0.1, 0.15) is 11.4 Å². The summed E-state index contributed by atoms with van der Waals surface area (Å²) in [7, 11) is 1.42. The number of methoxy groups -OCH3 is 2. The number of rotatable bonds is 8. The number of ether oxygens (including phenoxy) is 2. The highest BCUT2D eigenvalue weighted by atomic mass is 79.9. The maximum absolute atomic E-state index is 11.8. The quantitative estimate of drug-likeness (QED) is 0.209. The molecular weight excluding hydrogens is 615 g/mol. The van der Waals surface area contributed by atoms with Crippen molar-refractivity contribution in [2.75, 3.05) is 14.2 Å². The molecule has 4 aromatic heterocycles. The van der Waals surface area contributed by atoms with Crippen LogP contribution in [0.15, 0.2) is 77.9 Å². The average Bonchev–Trinajstić information content (AvgIpc) is 3.94. The summed E-state index contributed by atoms with van der Waals surface area (Å²) < 4.78 is 14.5. The van der Waals surface area contributed by atoms with Gasteiger partial charge in [-0.15, -0.1) is 0 Å². The Bertz CT molecular complexity index is 1450. The van der Waals surface area contributed by atoms with Gasteiger partial charge < -0.3 is 28.7 Å². The second-order valence-corrected chi connectivity index (χ2v) is 11.0. The van der Waals surface area contributed by atoms with Crippen LogP contribution in [0.1, 0.15) is 54.1 Å². The summed E-state index contributed by atoms with van der Waals surface area (Å²) in [4.78, 5) is 31.0. The largest absolute Gasteiger partial charge is 0.490 e. The molecule has 0 unspecified atom stereocenters. The second-order valence-electron chi connectivity index (χ2n) is 10.1. The number of hydrogen-bond acceptors (Lipinski definition) is 8. The Labute approximate surface area is 261 Å². The summed E-state index contributed by atoms with van der Waals surface area (Å²) in [6.45, 7) is 1.79. The van der Waals surface area contributed by atoms with Crippen LogP contribution in [-0.4, -0.2) is 62.4 Å². The number of aromatic nitrogens is 4. The van der Waals surface area contributed by atoms with E-state index < -0.39 is 7.12 Å². The fourth-order valence-corrected chi connectivity index (χ4v) is 4.74. The highest BCUT2D eigenvalue weighted by molar-refractivity contribution is 9.10. The number of hydrogen-bond donors (Lipinski definition) is 2. The fraction of sp³-hybridized carbons (Fsp3) is 0.355. The van der Waals surface area contributed by atoms with E-state index in [0.29, 0.717) is 22.8 Å². The van der Waals surface area contributed by atoms with Gasteiger partial charge in [-0.25, -0.2) is 9.59 Å². The van der Waals surface area contributed by atoms with Crippen LogP contribution >= 0.6 is 15.9 Å². The molecule has 0 saturated heterocycles. The second kappa shape index (κ2) is 16.2. The molecule has 4 heterocycles. The molecule has 0 bridgehead atoms. The Balaban J connectivity index is 0.000000186. The zero-order valence-corrected chi connectivity index (χ0v) is 25.2. The van der Waals surface area contributed by atoms with Gasteiger partial charge in [0, 0.05) is 48.9 Å². The van der Waals surface area contributed by atoms with Crippen molar-refractivity contribution in [2.45, 2.75) is 46.2 Å². The van der Waals surface area contributed by atoms with E-state index in [1.54, 1.807) is 30.6 Å². The van der Waals surface area contributed by atoms with Gasteiger partial charge in [0.05, 0.1) is 24.5 Å². The fourth-order valence-electron chi connectivity index (χ4n) is 4.27. The molecule has 43 heavy (non-hydrogen) atoms. The third kappa shape index (κ3) is 9.64. The van der Waals surface area contributed by atoms with Crippen LogP contribution in [-0.2, 0) is 22.6 Å². The first kappa shape index (κ1) is 33.8. The number of nitrogens with zero attached hydrogens (tertiary/aromatic N) is 4. The molecular formula is C31H38BBrN4O6. The number of carbonyl (C=O) groups excluding carboxylic acids is 2. The molecule has 2 saturated carbocycles. The first-order chi connectivity index (χ1) is 20.3. The topological polar surface area (TPSA) is 129 Å². The van der Waals surface area contributed by atoms with Crippen molar-refractivity contribution in [1.82, 2.24) is 19.1 Å². The van der Waals surface area contributed by atoms with E-state index >= 15 is 0 Å². The highest BCUT2D eigenvalue weighted by Gasteiger charge is 2.26. The van der Waals surface area contributed by atoms with Crippen molar-refractivity contribution >= 4 is 40.4 Å². The average molecular weight is 653 g/mol. The van der Waals surface area contributed by atoms with Crippen LogP contribution in [0.5, 0.6) is 0 Å². The van der Waals surface area contributed by atoms with Crippen LogP contribution in [0.4, 0.5) is 0 Å². The Morgan fingerprint density at radius 1 is 0.837 bits per heavy atom. The van der Waals surface area contributed by atoms with E-state index in [0.717, 1.165) is 34.9 Å². The molecule has 2 aliphatic carbocycles. The lowest BCUT2D eigenvalue weighted by molar-refractivity contribution is 0.0579. The van der Waals surface area contributed by atoms with E-state index in [2.05, 4.69) is 30.5 Å². The van der Waals surface area contributed by atoms with Crippen molar-refractivity contribution in [1.29, 1.82) is 0 Å². The lowest BCUT2D eigenvalue weighted by Crippen LogP contribution is -2.29. The summed E-state index contributed by atoms with van der Waals surface area (Å²) in [6.07, 6.45) is 11.6. The van der Waals surface area contributed by atoms with Gasteiger partial charge in [-0.2, -0.15) is 0 Å². The normalized spacial score (nSPS) is 13.3. The Morgan fingerprint density at radius 3 is 1.84 bits per heavy atom. The summed E-state index contributed by atoms with van der Waals surface area (Å²) in [5.41, 5.74) is 3.72. The van der Waals surface area contributed by atoms with Gasteiger partial charge in [0.2, 0.25) is 0 Å². The molecule has 10 nitrogen and oxygen atoms in total. The summed E-state index contributed by atoms with van der Waals surface area (Å²) in [5, 5.41) is 17.1. The SMILES string of the molecule is C.COC(=O)c1ccc(-c2cccnc2)n1CC1CC1.COC(=O)c1ccc(Br)n1CC1CC1.OB(O)c1cccnc1. The summed E-state index contributed by atoms with van der Waals surface area (Å²) >= 11 is 3.43. The molecule has 0 radical (unpaired) electrons. The zero-order chi connectivity index (χ0) is 30.1. The first-order valence-corrected chi connectivity index (χ1v) is 14.5. The van der Waals surface area contributed by atoms with Crippen LogP contribution in [0, 0.1) is 11.8 Å². The lowest BCUT2D eigenvalue weighted by Gasteiger charge is -2.11. The van der Waals surface area contributed by atoms with Crippen molar-refractivity contribution in [3.05, 3.63) is 89.3 Å². The van der Waals surface area contributed by atoms with E-state index in [1.165, 1.54) is 46.1 Å². The van der Waals surface area contributed by atoms with Gasteiger partial charge in [0.25, 0.3) is 0 Å². The molecule has 0 aliphatic heterocycles. The zero-order valence-electron chi connectivity index (χ0n) is 23.6. The molecule has 228 valence electrons. The molecule has 2 N–H and O–H groups in total. The molecule has 0 aromatic carbocycles. The Kier molecular flexibility index (Phi) is 12.7. The number of pyridine rings is 2. The number of esters is 2. The van der Waals surface area contributed by atoms with E-state index in [4.69, 9.17) is 19.5 Å². The molecule has 4 aromatic rings. The maximum Gasteiger partial charge on any atom is 0.490 e. The van der Waals surface area contributed by atoms with Gasteiger partial charge in [-0.05, 0) is 95.9 Å². The summed E-state index contributed by atoms with van der Waals surface area (Å²) in [6, 6.07) is 14.6. The van der Waals surface area contributed by atoms with Crippen molar-refractivity contribution in [3.63, 3.8) is 0 Å². The molecule has 2 aliphatic rings. The third-order valence-electron chi connectivity index (χ3n) is 6.91. The monoisotopic (exact) mass is 652 g/mol. The van der Waals surface area contributed by atoms with Crippen molar-refractivity contribution < 1.29 is 29.1 Å². The smallest absolute Gasteiger partial charge is 0.464 e. The Hall–Kier alpha value is -3.74. The third-order valence-corrected chi connectivity index (χ3v) is 7.60. The van der Waals surface area contributed by atoms with Crippen LogP contribution in [0.25, 0.3) is 11.3 Å². The standard InChI is InChI=1S/C15H16N2O2.C10H12BrNO2.C5H6BNO2.CH4/c1-19-15(18)14-7-6-13(12-3-2-8-16-9-12)17(14)10-11-4-5-11;1-14-10(13)8-4-5-9(11)12(8)6-7-2-3-7;8-6(9)5-2-1-3-7-4-5;/h2-3,6-9,11H,4-5,10H2,1H3;4-5,7H,2-3,6H2,1H3;1-4,8-9H;1H4. The molecule has 0 atom stereocenters. The molecule has 0 spiro atoms. The minimum atomic E-state index is -1.40. The van der Waals surface area contributed by atoms with E-state index in [1.807, 2.05) is 41.1 Å². The lowest BCUT2D eigenvalue weighted by atomic mass is 9.82. The van der Waals surface area contributed by atoms with E-state index in [9.17, 15) is 9.59 Å². The van der Waals surface area contributed by atoms with Gasteiger partial charge in [-0.3, -0.25) is 9.97 Å². The highest BCUT2D eigenvalue weighted by Crippen LogP contribution is 2.34. The van der Waals surface area contributed by atoms with Gasteiger partial charge in [0.15, 0.2) is 0 Å². The van der Waals surface area contributed by atoms with Crippen LogP contribution in [0.3, 0.4) is 0 Å². The predicted octanol–water partition coefficient (Wildman–Crippen LogP) is 4.59. The van der Waals surface area contributed by atoms with E-state index in [-0.39, 0.29) is 19.4 Å². The molecule has 12 heteroatoms. The van der Waals surface area contributed by atoms with Crippen molar-refractivity contribution in [2.24, 2.45) is 11.8 Å². The first-order valence-electron chi connectivity index (χ1n) is 13.7. The molecule has 0 amide bonds. The molecule has 2 fully saturated rings. The Morgan fingerprint density at radius 2 is 1.37 bits per heavy atom. The van der Waals surface area contributed by atoms with Gasteiger partial charge >= 0.3 is 19.1 Å². The van der Waals surface area contributed by atoms with Crippen LogP contribution in [0.2, 0.25) is 0 Å². The minimum Gasteiger partial charge on any atom is -0.464 e. The predicted molar refractivity (Wildman–Crippen MR) is 169 cm³/mol. The molecule has 6 rings (SSSR count). The maximum atomic E-state index is 11.8. The number of halogens is 1. The minimum absolute atomic E-state index is 0.